The van der Waals surface area contributed by atoms with E-state index in [1.165, 1.54) is 0 Å². The van der Waals surface area contributed by atoms with Gasteiger partial charge in [-0.15, -0.1) is 0 Å². The van der Waals surface area contributed by atoms with Crippen LogP contribution in [0.2, 0.25) is 0 Å². The zero-order valence-corrected chi connectivity index (χ0v) is 10.1. The number of ether oxygens (including phenoxy) is 2. The summed E-state index contributed by atoms with van der Waals surface area (Å²) >= 11 is 0. The second kappa shape index (κ2) is 6.22. The molecule has 2 unspecified atom stereocenters. The molecule has 1 aromatic rings. The maximum atomic E-state index is 13.4. The minimum atomic E-state index is -0.650. The Labute approximate surface area is 105 Å². The maximum absolute atomic E-state index is 13.4. The first kappa shape index (κ1) is 13.4. The van der Waals surface area contributed by atoms with Crippen molar-refractivity contribution in [1.29, 1.82) is 0 Å². The summed E-state index contributed by atoms with van der Waals surface area (Å²) in [6.45, 7) is 2.18. The number of hydrogen-bond donors (Lipinski definition) is 1. The van der Waals surface area contributed by atoms with Crippen LogP contribution in [-0.4, -0.2) is 26.4 Å². The van der Waals surface area contributed by atoms with Crippen LogP contribution < -0.4 is 5.73 Å². The summed E-state index contributed by atoms with van der Waals surface area (Å²) < 4.78 is 37.1. The first-order valence-electron chi connectivity index (χ1n) is 6.03. The van der Waals surface area contributed by atoms with Crippen molar-refractivity contribution >= 4 is 0 Å². The van der Waals surface area contributed by atoms with Gasteiger partial charge in [0, 0.05) is 18.1 Å². The van der Waals surface area contributed by atoms with Crippen LogP contribution in [0.5, 0.6) is 0 Å². The van der Waals surface area contributed by atoms with Crippen molar-refractivity contribution in [2.75, 3.05) is 26.4 Å². The molecule has 1 heterocycles. The van der Waals surface area contributed by atoms with E-state index in [-0.39, 0.29) is 12.2 Å². The average Bonchev–Trinajstić information content (AvgIpc) is 2.85. The standard InChI is InChI=1S/C13H17F2NO2/c14-10-1-2-12(15)11(5-10)13(16)8-18-7-9-3-4-17-6-9/h1-2,5,9,13H,3-4,6-8,16H2. The van der Waals surface area contributed by atoms with Crippen molar-refractivity contribution in [3.63, 3.8) is 0 Å². The average molecular weight is 257 g/mol. The van der Waals surface area contributed by atoms with Crippen molar-refractivity contribution in [3.05, 3.63) is 35.4 Å². The molecule has 2 N–H and O–H groups in total. The fourth-order valence-corrected chi connectivity index (χ4v) is 1.96. The van der Waals surface area contributed by atoms with E-state index in [1.54, 1.807) is 0 Å². The van der Waals surface area contributed by atoms with Crippen LogP contribution in [0.4, 0.5) is 8.78 Å². The van der Waals surface area contributed by atoms with Gasteiger partial charge in [-0.1, -0.05) is 0 Å². The molecule has 100 valence electrons. The molecule has 0 aliphatic carbocycles. The van der Waals surface area contributed by atoms with Crippen LogP contribution in [0, 0.1) is 17.6 Å². The van der Waals surface area contributed by atoms with Crippen LogP contribution in [0.15, 0.2) is 18.2 Å². The third kappa shape index (κ3) is 3.48. The third-order valence-corrected chi connectivity index (χ3v) is 3.03. The van der Waals surface area contributed by atoms with Gasteiger partial charge in [0.15, 0.2) is 0 Å². The van der Waals surface area contributed by atoms with E-state index in [0.29, 0.717) is 19.1 Å². The molecule has 1 aromatic carbocycles. The van der Waals surface area contributed by atoms with Gasteiger partial charge in [0.05, 0.1) is 25.9 Å². The summed E-state index contributed by atoms with van der Waals surface area (Å²) in [7, 11) is 0. The molecular weight excluding hydrogens is 240 g/mol. The van der Waals surface area contributed by atoms with E-state index in [4.69, 9.17) is 15.2 Å². The van der Waals surface area contributed by atoms with Gasteiger partial charge in [-0.25, -0.2) is 8.78 Å². The van der Waals surface area contributed by atoms with E-state index in [2.05, 4.69) is 0 Å². The smallest absolute Gasteiger partial charge is 0.128 e. The molecule has 1 aliphatic heterocycles. The van der Waals surface area contributed by atoms with Gasteiger partial charge in [0.2, 0.25) is 0 Å². The molecule has 5 heteroatoms. The minimum absolute atomic E-state index is 0.151. The summed E-state index contributed by atoms with van der Waals surface area (Å²) in [6, 6.07) is 2.61. The first-order chi connectivity index (χ1) is 8.66. The van der Waals surface area contributed by atoms with Crippen LogP contribution in [0.25, 0.3) is 0 Å². The lowest BCUT2D eigenvalue weighted by atomic mass is 10.1. The molecule has 2 atom stereocenters. The highest BCUT2D eigenvalue weighted by Crippen LogP contribution is 2.18. The lowest BCUT2D eigenvalue weighted by molar-refractivity contribution is 0.0803. The van der Waals surface area contributed by atoms with Gasteiger partial charge < -0.3 is 15.2 Å². The largest absolute Gasteiger partial charge is 0.381 e. The molecule has 3 nitrogen and oxygen atoms in total. The van der Waals surface area contributed by atoms with Crippen molar-refractivity contribution in [2.45, 2.75) is 12.5 Å². The molecule has 0 aromatic heterocycles. The Kier molecular flexibility index (Phi) is 4.63. The molecule has 2 rings (SSSR count). The normalized spacial score (nSPS) is 21.2. The summed E-state index contributed by atoms with van der Waals surface area (Å²) in [4.78, 5) is 0. The van der Waals surface area contributed by atoms with Crippen molar-refractivity contribution in [1.82, 2.24) is 0 Å². The minimum Gasteiger partial charge on any atom is -0.381 e. The number of hydrogen-bond acceptors (Lipinski definition) is 3. The zero-order chi connectivity index (χ0) is 13.0. The van der Waals surface area contributed by atoms with Crippen LogP contribution in [0.1, 0.15) is 18.0 Å². The molecule has 0 radical (unpaired) electrons. The quantitative estimate of drug-likeness (QED) is 0.877. The van der Waals surface area contributed by atoms with Crippen LogP contribution in [-0.2, 0) is 9.47 Å². The van der Waals surface area contributed by atoms with Gasteiger partial charge in [0.1, 0.15) is 11.6 Å². The van der Waals surface area contributed by atoms with E-state index in [0.717, 1.165) is 31.2 Å². The molecule has 18 heavy (non-hydrogen) atoms. The lowest BCUT2D eigenvalue weighted by Gasteiger charge is -2.15. The molecule has 1 fully saturated rings. The Balaban J connectivity index is 1.83. The van der Waals surface area contributed by atoms with E-state index >= 15 is 0 Å². The monoisotopic (exact) mass is 257 g/mol. The third-order valence-electron chi connectivity index (χ3n) is 3.03. The van der Waals surface area contributed by atoms with E-state index in [9.17, 15) is 8.78 Å². The fourth-order valence-electron chi connectivity index (χ4n) is 1.96. The second-order valence-corrected chi connectivity index (χ2v) is 4.54. The first-order valence-corrected chi connectivity index (χ1v) is 6.03. The van der Waals surface area contributed by atoms with E-state index in [1.807, 2.05) is 0 Å². The Bertz CT molecular complexity index is 395. The van der Waals surface area contributed by atoms with Crippen LogP contribution >= 0.6 is 0 Å². The van der Waals surface area contributed by atoms with Gasteiger partial charge in [-0.05, 0) is 24.6 Å². The second-order valence-electron chi connectivity index (χ2n) is 4.54. The summed E-state index contributed by atoms with van der Waals surface area (Å²) in [5, 5.41) is 0. The number of rotatable bonds is 5. The van der Waals surface area contributed by atoms with Gasteiger partial charge >= 0.3 is 0 Å². The highest BCUT2D eigenvalue weighted by molar-refractivity contribution is 5.22. The van der Waals surface area contributed by atoms with Crippen molar-refractivity contribution in [2.24, 2.45) is 11.7 Å². The molecule has 1 saturated heterocycles. The Morgan fingerprint density at radius 3 is 3.00 bits per heavy atom. The Hall–Kier alpha value is -1.04. The molecule has 1 aliphatic rings. The molecule has 0 saturated carbocycles. The highest BCUT2D eigenvalue weighted by atomic mass is 19.1. The Morgan fingerprint density at radius 2 is 2.28 bits per heavy atom. The molecular formula is C13H17F2NO2. The predicted molar refractivity (Wildman–Crippen MR) is 63.0 cm³/mol. The SMILES string of the molecule is NC(COCC1CCOC1)c1cc(F)ccc1F. The van der Waals surface area contributed by atoms with E-state index < -0.39 is 17.7 Å². The summed E-state index contributed by atoms with van der Waals surface area (Å²) in [5.74, 6) is -0.614. The maximum Gasteiger partial charge on any atom is 0.128 e. The molecule has 0 bridgehead atoms. The zero-order valence-electron chi connectivity index (χ0n) is 10.1. The van der Waals surface area contributed by atoms with Gasteiger partial charge in [-0.2, -0.15) is 0 Å². The molecule has 0 amide bonds. The summed E-state index contributed by atoms with van der Waals surface area (Å²) in [6.07, 6.45) is 0.976. The summed E-state index contributed by atoms with van der Waals surface area (Å²) in [5.41, 5.74) is 5.94. The number of halogens is 2. The van der Waals surface area contributed by atoms with Gasteiger partial charge in [-0.3, -0.25) is 0 Å². The van der Waals surface area contributed by atoms with Crippen molar-refractivity contribution in [3.8, 4) is 0 Å². The topological polar surface area (TPSA) is 44.5 Å². The predicted octanol–water partition coefficient (Wildman–Crippen LogP) is 2.02. The van der Waals surface area contributed by atoms with Crippen molar-refractivity contribution < 1.29 is 18.3 Å². The lowest BCUT2D eigenvalue weighted by Crippen LogP contribution is -2.21. The highest BCUT2D eigenvalue weighted by Gasteiger charge is 2.17. The Morgan fingerprint density at radius 1 is 1.44 bits per heavy atom. The number of nitrogens with two attached hydrogens (primary N) is 1. The van der Waals surface area contributed by atoms with Crippen LogP contribution in [0.3, 0.4) is 0 Å². The fraction of sp³-hybridized carbons (Fsp3) is 0.538. The number of benzene rings is 1. The molecule has 0 spiro atoms. The van der Waals surface area contributed by atoms with Gasteiger partial charge in [0.25, 0.3) is 0 Å².